The van der Waals surface area contributed by atoms with Crippen LogP contribution in [-0.2, 0) is 10.3 Å². The molecule has 0 spiro atoms. The van der Waals surface area contributed by atoms with Gasteiger partial charge in [-0.3, -0.25) is 0 Å². The van der Waals surface area contributed by atoms with Gasteiger partial charge in [0, 0.05) is 7.11 Å². The monoisotopic (exact) mass is 246 g/mol. The summed E-state index contributed by atoms with van der Waals surface area (Å²) in [6, 6.07) is 7.68. The fourth-order valence-corrected chi connectivity index (χ4v) is 2.32. The van der Waals surface area contributed by atoms with Gasteiger partial charge in [-0.15, -0.1) is 0 Å². The molecule has 2 N–H and O–H groups in total. The molecule has 0 heterocycles. The molecule has 3 heteroatoms. The number of aliphatic hydroxyl groups is 2. The summed E-state index contributed by atoms with van der Waals surface area (Å²) >= 11 is 0. The largest absolute Gasteiger partial charge is 0.392 e. The van der Waals surface area contributed by atoms with Gasteiger partial charge < -0.3 is 14.9 Å². The van der Waals surface area contributed by atoms with Gasteiger partial charge in [-0.25, -0.2) is 0 Å². The van der Waals surface area contributed by atoms with Crippen LogP contribution in [0.4, 0.5) is 0 Å². The Labute approximate surface area is 107 Å². The van der Waals surface area contributed by atoms with Gasteiger partial charge in [0.2, 0.25) is 0 Å². The van der Waals surface area contributed by atoms with Gasteiger partial charge in [0.1, 0.15) is 11.7 Å². The maximum absolute atomic E-state index is 10.9. The van der Waals surface area contributed by atoms with Crippen molar-refractivity contribution in [1.82, 2.24) is 0 Å². The van der Waals surface area contributed by atoms with Gasteiger partial charge in [0.05, 0.1) is 6.61 Å². The number of methoxy groups -OCH3 is 1. The molecule has 96 valence electrons. The SMILES string of the molecule is COC1C=C(CO)C=CC1(O)c1ccccc1C. The molecule has 0 saturated carbocycles. The number of hydrogen-bond acceptors (Lipinski definition) is 3. The van der Waals surface area contributed by atoms with Gasteiger partial charge in [0.15, 0.2) is 0 Å². The fourth-order valence-electron chi connectivity index (χ4n) is 2.32. The van der Waals surface area contributed by atoms with Crippen LogP contribution >= 0.6 is 0 Å². The van der Waals surface area contributed by atoms with Crippen LogP contribution in [0.2, 0.25) is 0 Å². The Bertz CT molecular complexity index is 490. The van der Waals surface area contributed by atoms with Crippen molar-refractivity contribution in [2.24, 2.45) is 0 Å². The van der Waals surface area contributed by atoms with Crippen LogP contribution in [0.5, 0.6) is 0 Å². The molecule has 2 unspecified atom stereocenters. The van der Waals surface area contributed by atoms with E-state index in [2.05, 4.69) is 0 Å². The first-order chi connectivity index (χ1) is 8.61. The molecule has 3 nitrogen and oxygen atoms in total. The Morgan fingerprint density at radius 3 is 2.67 bits per heavy atom. The first kappa shape index (κ1) is 13.0. The highest BCUT2D eigenvalue weighted by atomic mass is 16.5. The van der Waals surface area contributed by atoms with Crippen LogP contribution in [0.1, 0.15) is 11.1 Å². The zero-order chi connectivity index (χ0) is 13.2. The van der Waals surface area contributed by atoms with Crippen molar-refractivity contribution < 1.29 is 14.9 Å². The van der Waals surface area contributed by atoms with Crippen LogP contribution < -0.4 is 0 Å². The van der Waals surface area contributed by atoms with Crippen molar-refractivity contribution in [2.45, 2.75) is 18.6 Å². The first-order valence-corrected chi connectivity index (χ1v) is 5.94. The molecular formula is C15H18O3. The quantitative estimate of drug-likeness (QED) is 0.853. The lowest BCUT2D eigenvalue weighted by Crippen LogP contribution is -2.40. The van der Waals surface area contributed by atoms with Crippen LogP contribution in [0, 0.1) is 6.92 Å². The lowest BCUT2D eigenvalue weighted by molar-refractivity contribution is -0.0434. The zero-order valence-electron chi connectivity index (χ0n) is 10.6. The van der Waals surface area contributed by atoms with E-state index >= 15 is 0 Å². The number of aliphatic hydroxyl groups excluding tert-OH is 1. The molecule has 2 rings (SSSR count). The summed E-state index contributed by atoms with van der Waals surface area (Å²) in [7, 11) is 1.55. The predicted molar refractivity (Wildman–Crippen MR) is 70.2 cm³/mol. The predicted octanol–water partition coefficient (Wildman–Crippen LogP) is 1.69. The topological polar surface area (TPSA) is 49.7 Å². The summed E-state index contributed by atoms with van der Waals surface area (Å²) in [5, 5.41) is 20.0. The van der Waals surface area contributed by atoms with Crippen LogP contribution in [0.25, 0.3) is 0 Å². The van der Waals surface area contributed by atoms with Gasteiger partial charge in [-0.1, -0.05) is 30.3 Å². The molecule has 1 aliphatic rings. The maximum Gasteiger partial charge on any atom is 0.138 e. The number of hydrogen-bond donors (Lipinski definition) is 2. The zero-order valence-corrected chi connectivity index (χ0v) is 10.6. The van der Waals surface area contributed by atoms with Crippen LogP contribution in [0.3, 0.4) is 0 Å². The average Bonchev–Trinajstić information content (AvgIpc) is 2.39. The minimum Gasteiger partial charge on any atom is -0.392 e. The second-order valence-electron chi connectivity index (χ2n) is 4.53. The van der Waals surface area contributed by atoms with E-state index in [9.17, 15) is 5.11 Å². The minimum absolute atomic E-state index is 0.0553. The van der Waals surface area contributed by atoms with E-state index in [1.54, 1.807) is 25.3 Å². The Morgan fingerprint density at radius 2 is 2.06 bits per heavy atom. The maximum atomic E-state index is 10.9. The van der Waals surface area contributed by atoms with E-state index in [-0.39, 0.29) is 6.61 Å². The summed E-state index contributed by atoms with van der Waals surface area (Å²) in [6.45, 7) is 1.90. The summed E-state index contributed by atoms with van der Waals surface area (Å²) in [5.74, 6) is 0. The Morgan fingerprint density at radius 1 is 1.33 bits per heavy atom. The van der Waals surface area contributed by atoms with E-state index in [4.69, 9.17) is 9.84 Å². The molecular weight excluding hydrogens is 228 g/mol. The van der Waals surface area contributed by atoms with Gasteiger partial charge in [-0.2, -0.15) is 0 Å². The number of rotatable bonds is 3. The standard InChI is InChI=1S/C15H18O3/c1-11-5-3-4-6-13(11)15(17)8-7-12(10-16)9-14(15)18-2/h3-9,14,16-17H,10H2,1-2H3. The molecule has 0 bridgehead atoms. The summed E-state index contributed by atoms with van der Waals surface area (Å²) in [6.07, 6.45) is 4.69. The highest BCUT2D eigenvalue weighted by Gasteiger charge is 2.38. The highest BCUT2D eigenvalue weighted by Crippen LogP contribution is 2.35. The van der Waals surface area contributed by atoms with Crippen molar-refractivity contribution in [3.8, 4) is 0 Å². The van der Waals surface area contributed by atoms with E-state index in [1.165, 1.54) is 0 Å². The van der Waals surface area contributed by atoms with Crippen LogP contribution in [0.15, 0.2) is 48.1 Å². The molecule has 1 aromatic carbocycles. The minimum atomic E-state index is -1.18. The Kier molecular flexibility index (Phi) is 3.66. The molecule has 1 aromatic rings. The fraction of sp³-hybridized carbons (Fsp3) is 0.333. The number of benzene rings is 1. The van der Waals surface area contributed by atoms with E-state index in [1.807, 2.05) is 31.2 Å². The van der Waals surface area contributed by atoms with Crippen molar-refractivity contribution in [3.05, 3.63) is 59.2 Å². The molecule has 0 fully saturated rings. The molecule has 1 aliphatic carbocycles. The summed E-state index contributed by atoms with van der Waals surface area (Å²) in [5.41, 5.74) is 1.40. The second-order valence-corrected chi connectivity index (χ2v) is 4.53. The lowest BCUT2D eigenvalue weighted by Gasteiger charge is -2.35. The molecule has 0 amide bonds. The van der Waals surface area contributed by atoms with Crippen molar-refractivity contribution >= 4 is 0 Å². The van der Waals surface area contributed by atoms with Crippen molar-refractivity contribution in [3.63, 3.8) is 0 Å². The highest BCUT2D eigenvalue weighted by molar-refractivity contribution is 5.42. The molecule has 0 radical (unpaired) electrons. The molecule has 0 saturated heterocycles. The number of aryl methyl sites for hydroxylation is 1. The third-order valence-electron chi connectivity index (χ3n) is 3.36. The smallest absolute Gasteiger partial charge is 0.138 e. The van der Waals surface area contributed by atoms with E-state index in [0.29, 0.717) is 0 Å². The summed E-state index contributed by atoms with van der Waals surface area (Å²) < 4.78 is 5.36. The molecule has 0 aromatic heterocycles. The van der Waals surface area contributed by atoms with E-state index in [0.717, 1.165) is 16.7 Å². The number of ether oxygens (including phenoxy) is 1. The normalized spacial score (nSPS) is 27.1. The third kappa shape index (κ3) is 2.12. The third-order valence-corrected chi connectivity index (χ3v) is 3.36. The Hall–Kier alpha value is -1.42. The average molecular weight is 246 g/mol. The molecule has 2 atom stereocenters. The Balaban J connectivity index is 2.46. The second kappa shape index (κ2) is 5.06. The summed E-state index contributed by atoms with van der Waals surface area (Å²) in [4.78, 5) is 0. The first-order valence-electron chi connectivity index (χ1n) is 5.94. The van der Waals surface area contributed by atoms with Gasteiger partial charge in [0.25, 0.3) is 0 Å². The van der Waals surface area contributed by atoms with E-state index < -0.39 is 11.7 Å². The van der Waals surface area contributed by atoms with Crippen molar-refractivity contribution in [1.29, 1.82) is 0 Å². The van der Waals surface area contributed by atoms with Gasteiger partial charge >= 0.3 is 0 Å². The molecule has 18 heavy (non-hydrogen) atoms. The van der Waals surface area contributed by atoms with Crippen LogP contribution in [-0.4, -0.2) is 30.0 Å². The van der Waals surface area contributed by atoms with Gasteiger partial charge in [-0.05, 0) is 35.8 Å². The lowest BCUT2D eigenvalue weighted by atomic mass is 9.81. The van der Waals surface area contributed by atoms with Crippen molar-refractivity contribution in [2.75, 3.05) is 13.7 Å². The molecule has 0 aliphatic heterocycles.